The number of benzene rings is 1. The molecule has 2 rings (SSSR count). The van der Waals surface area contributed by atoms with Gasteiger partial charge < -0.3 is 10.4 Å². The lowest BCUT2D eigenvalue weighted by atomic mass is 9.78. The maximum Gasteiger partial charge on any atom is 0.223 e. The summed E-state index contributed by atoms with van der Waals surface area (Å²) in [6.45, 7) is 19.7. The number of aromatic hydroxyl groups is 1. The number of rotatable bonds is 4. The standard InChI is InChI=1S/C24H40N2O2/c1-16(2)25-22(28)18-9-11-26(12-10-18)15-17-13-19(23(3,4)5)21(27)20(14-17)24(6,7)8/h13-14,16,18,27H,9-12,15H2,1-8H3,(H,25,28). The molecule has 0 aromatic heterocycles. The Labute approximate surface area is 171 Å². The molecule has 1 fully saturated rings. The molecule has 0 bridgehead atoms. The van der Waals surface area contributed by atoms with E-state index in [1.165, 1.54) is 5.56 Å². The summed E-state index contributed by atoms with van der Waals surface area (Å²) in [6.07, 6.45) is 1.82. The second-order valence-electron chi connectivity index (χ2n) is 10.8. The van der Waals surface area contributed by atoms with Gasteiger partial charge in [0.2, 0.25) is 5.91 Å². The second kappa shape index (κ2) is 8.44. The third-order valence-electron chi connectivity index (χ3n) is 5.58. The lowest BCUT2D eigenvalue weighted by Gasteiger charge is -2.33. The van der Waals surface area contributed by atoms with Crippen molar-refractivity contribution in [3.05, 3.63) is 28.8 Å². The van der Waals surface area contributed by atoms with Crippen molar-refractivity contribution in [2.24, 2.45) is 5.92 Å². The summed E-state index contributed by atoms with van der Waals surface area (Å²) >= 11 is 0. The predicted molar refractivity (Wildman–Crippen MR) is 117 cm³/mol. The fourth-order valence-electron chi connectivity index (χ4n) is 3.94. The lowest BCUT2D eigenvalue weighted by molar-refractivity contribution is -0.127. The fraction of sp³-hybridized carbons (Fsp3) is 0.708. The van der Waals surface area contributed by atoms with Gasteiger partial charge in [0.15, 0.2) is 0 Å². The number of phenolic OH excluding ortho intramolecular Hbond substituents is 1. The summed E-state index contributed by atoms with van der Waals surface area (Å²) in [6, 6.07) is 4.54. The van der Waals surface area contributed by atoms with Crippen LogP contribution in [0, 0.1) is 5.92 Å². The topological polar surface area (TPSA) is 52.6 Å². The Bertz CT molecular complexity index is 653. The molecular formula is C24H40N2O2. The van der Waals surface area contributed by atoms with E-state index in [4.69, 9.17) is 0 Å². The zero-order chi connectivity index (χ0) is 21.3. The number of hydrogen-bond donors (Lipinski definition) is 2. The van der Waals surface area contributed by atoms with Crippen LogP contribution in [0.15, 0.2) is 12.1 Å². The van der Waals surface area contributed by atoms with Crippen LogP contribution in [-0.2, 0) is 22.2 Å². The molecule has 2 N–H and O–H groups in total. The largest absolute Gasteiger partial charge is 0.507 e. The van der Waals surface area contributed by atoms with Crippen molar-refractivity contribution >= 4 is 5.91 Å². The van der Waals surface area contributed by atoms with E-state index in [-0.39, 0.29) is 28.7 Å². The van der Waals surface area contributed by atoms with Crippen molar-refractivity contribution in [3.8, 4) is 5.75 Å². The van der Waals surface area contributed by atoms with Crippen LogP contribution < -0.4 is 5.32 Å². The zero-order valence-corrected chi connectivity index (χ0v) is 19.1. The van der Waals surface area contributed by atoms with Gasteiger partial charge in [0.1, 0.15) is 5.75 Å². The molecule has 0 aliphatic carbocycles. The number of likely N-dealkylation sites (tertiary alicyclic amines) is 1. The predicted octanol–water partition coefficient (Wildman–Crippen LogP) is 4.72. The van der Waals surface area contributed by atoms with Crippen molar-refractivity contribution in [1.82, 2.24) is 10.2 Å². The Morgan fingerprint density at radius 3 is 1.93 bits per heavy atom. The summed E-state index contributed by atoms with van der Waals surface area (Å²) in [4.78, 5) is 14.7. The van der Waals surface area contributed by atoms with Gasteiger partial charge >= 0.3 is 0 Å². The number of phenols is 1. The van der Waals surface area contributed by atoms with Crippen LogP contribution in [0.5, 0.6) is 5.75 Å². The van der Waals surface area contributed by atoms with Crippen molar-refractivity contribution in [3.63, 3.8) is 0 Å². The first-order valence-corrected chi connectivity index (χ1v) is 10.7. The maximum atomic E-state index is 12.3. The van der Waals surface area contributed by atoms with E-state index in [1.807, 2.05) is 13.8 Å². The summed E-state index contributed by atoms with van der Waals surface area (Å²) in [5.41, 5.74) is 3.06. The van der Waals surface area contributed by atoms with Gasteiger partial charge in [-0.05, 0) is 67.3 Å². The van der Waals surface area contributed by atoms with E-state index in [0.29, 0.717) is 5.75 Å². The maximum absolute atomic E-state index is 12.3. The monoisotopic (exact) mass is 388 g/mol. The van der Waals surface area contributed by atoms with Gasteiger partial charge in [0, 0.05) is 18.5 Å². The van der Waals surface area contributed by atoms with Crippen molar-refractivity contribution < 1.29 is 9.90 Å². The van der Waals surface area contributed by atoms with E-state index in [1.54, 1.807) is 0 Å². The Morgan fingerprint density at radius 1 is 1.07 bits per heavy atom. The molecule has 4 nitrogen and oxygen atoms in total. The van der Waals surface area contributed by atoms with Gasteiger partial charge in [-0.25, -0.2) is 0 Å². The summed E-state index contributed by atoms with van der Waals surface area (Å²) in [7, 11) is 0. The Balaban J connectivity index is 2.16. The minimum Gasteiger partial charge on any atom is -0.507 e. The van der Waals surface area contributed by atoms with Crippen LogP contribution >= 0.6 is 0 Å². The molecule has 0 radical (unpaired) electrons. The number of nitrogens with one attached hydrogen (secondary N) is 1. The van der Waals surface area contributed by atoms with Crippen LogP contribution in [0.2, 0.25) is 0 Å². The molecule has 1 aliphatic rings. The van der Waals surface area contributed by atoms with E-state index >= 15 is 0 Å². The molecule has 0 spiro atoms. The molecule has 1 aromatic rings. The average Bonchev–Trinajstić information content (AvgIpc) is 2.54. The zero-order valence-electron chi connectivity index (χ0n) is 19.1. The van der Waals surface area contributed by atoms with Crippen LogP contribution in [0.1, 0.15) is 84.9 Å². The summed E-state index contributed by atoms with van der Waals surface area (Å²) in [5.74, 6) is 0.769. The summed E-state index contributed by atoms with van der Waals surface area (Å²) in [5, 5.41) is 13.9. The first-order valence-electron chi connectivity index (χ1n) is 10.7. The number of nitrogens with zero attached hydrogens (tertiary/aromatic N) is 1. The van der Waals surface area contributed by atoms with Crippen molar-refractivity contribution in [2.45, 2.75) is 91.6 Å². The van der Waals surface area contributed by atoms with E-state index in [9.17, 15) is 9.90 Å². The number of hydrogen-bond acceptors (Lipinski definition) is 3. The molecule has 0 unspecified atom stereocenters. The van der Waals surface area contributed by atoms with Crippen molar-refractivity contribution in [1.29, 1.82) is 0 Å². The Hall–Kier alpha value is -1.55. The Morgan fingerprint density at radius 2 is 1.54 bits per heavy atom. The highest BCUT2D eigenvalue weighted by atomic mass is 16.3. The first-order chi connectivity index (χ1) is 12.8. The van der Waals surface area contributed by atoms with E-state index in [2.05, 4.69) is 63.9 Å². The molecule has 0 saturated carbocycles. The highest BCUT2D eigenvalue weighted by Gasteiger charge is 2.28. The number of carbonyl (C=O) groups is 1. The third kappa shape index (κ3) is 5.73. The molecule has 1 saturated heterocycles. The van der Waals surface area contributed by atoms with Gasteiger partial charge in [-0.3, -0.25) is 9.69 Å². The lowest BCUT2D eigenvalue weighted by Crippen LogP contribution is -2.42. The smallest absolute Gasteiger partial charge is 0.223 e. The van der Waals surface area contributed by atoms with Gasteiger partial charge in [-0.2, -0.15) is 0 Å². The number of carbonyl (C=O) groups excluding carboxylic acids is 1. The minimum absolute atomic E-state index is 0.109. The van der Waals surface area contributed by atoms with Gasteiger partial charge in [-0.15, -0.1) is 0 Å². The van der Waals surface area contributed by atoms with E-state index in [0.717, 1.165) is 43.6 Å². The molecule has 1 amide bonds. The molecule has 158 valence electrons. The molecule has 1 aliphatic heterocycles. The highest BCUT2D eigenvalue weighted by Crippen LogP contribution is 2.40. The molecule has 28 heavy (non-hydrogen) atoms. The van der Waals surface area contributed by atoms with Crippen LogP contribution in [0.3, 0.4) is 0 Å². The minimum atomic E-state index is -0.109. The van der Waals surface area contributed by atoms with Crippen LogP contribution in [0.25, 0.3) is 0 Å². The first kappa shape index (κ1) is 22.7. The molecule has 1 heterocycles. The average molecular weight is 389 g/mol. The SMILES string of the molecule is CC(C)NC(=O)C1CCN(Cc2cc(C(C)(C)C)c(O)c(C(C)(C)C)c2)CC1. The van der Waals surface area contributed by atoms with Crippen LogP contribution in [0.4, 0.5) is 0 Å². The van der Waals surface area contributed by atoms with Gasteiger partial charge in [0.05, 0.1) is 0 Å². The Kier molecular flexibility index (Phi) is 6.86. The quantitative estimate of drug-likeness (QED) is 0.784. The molecule has 1 aromatic carbocycles. The second-order valence-corrected chi connectivity index (χ2v) is 10.8. The fourth-order valence-corrected chi connectivity index (χ4v) is 3.94. The molecule has 0 atom stereocenters. The van der Waals surface area contributed by atoms with Gasteiger partial charge in [0.25, 0.3) is 0 Å². The van der Waals surface area contributed by atoms with Crippen molar-refractivity contribution in [2.75, 3.05) is 13.1 Å². The molecular weight excluding hydrogens is 348 g/mol. The third-order valence-corrected chi connectivity index (χ3v) is 5.58. The molecule has 4 heteroatoms. The summed E-state index contributed by atoms with van der Waals surface area (Å²) < 4.78 is 0. The normalized spacial score (nSPS) is 17.2. The van der Waals surface area contributed by atoms with Crippen LogP contribution in [-0.4, -0.2) is 35.0 Å². The highest BCUT2D eigenvalue weighted by molar-refractivity contribution is 5.79. The number of piperidine rings is 1. The number of amides is 1. The van der Waals surface area contributed by atoms with E-state index < -0.39 is 0 Å². The van der Waals surface area contributed by atoms with Gasteiger partial charge in [-0.1, -0.05) is 53.7 Å².